The smallest absolute Gasteiger partial charge is 0.358 e. The van der Waals surface area contributed by atoms with Gasteiger partial charge in [0.25, 0.3) is 0 Å². The van der Waals surface area contributed by atoms with Gasteiger partial charge in [0.1, 0.15) is 11.5 Å². The van der Waals surface area contributed by atoms with Gasteiger partial charge in [-0.15, -0.1) is 0 Å². The number of ether oxygens (including phenoxy) is 2. The molecule has 0 atom stereocenters. The van der Waals surface area contributed by atoms with E-state index in [0.29, 0.717) is 22.8 Å². The Morgan fingerprint density at radius 3 is 2.33 bits per heavy atom. The molecule has 112 valence electrons. The van der Waals surface area contributed by atoms with Crippen molar-refractivity contribution in [1.82, 2.24) is 5.16 Å². The topological polar surface area (TPSA) is 81.8 Å². The molecule has 6 heteroatoms. The second-order valence-corrected chi connectivity index (χ2v) is 4.83. The fourth-order valence-electron chi connectivity index (χ4n) is 2.07. The van der Waals surface area contributed by atoms with Crippen LogP contribution >= 0.6 is 0 Å². The van der Waals surface area contributed by atoms with Gasteiger partial charge in [-0.05, 0) is 17.5 Å². The number of methoxy groups -OCH3 is 2. The highest BCUT2D eigenvalue weighted by Gasteiger charge is 2.19. The summed E-state index contributed by atoms with van der Waals surface area (Å²) in [6.45, 7) is 4.08. The second-order valence-electron chi connectivity index (χ2n) is 4.83. The summed E-state index contributed by atoms with van der Waals surface area (Å²) in [5.41, 5.74) is 1.47. The van der Waals surface area contributed by atoms with Crippen LogP contribution in [0.5, 0.6) is 11.5 Å². The number of benzene rings is 1. The Kier molecular flexibility index (Phi) is 4.16. The molecule has 2 rings (SSSR count). The van der Waals surface area contributed by atoms with E-state index in [1.54, 1.807) is 13.2 Å². The predicted octanol–water partition coefficient (Wildman–Crippen LogP) is 3.18. The molecule has 0 saturated heterocycles. The van der Waals surface area contributed by atoms with Gasteiger partial charge >= 0.3 is 5.97 Å². The molecule has 0 fully saturated rings. The van der Waals surface area contributed by atoms with Crippen LogP contribution < -0.4 is 9.47 Å². The van der Waals surface area contributed by atoms with E-state index in [4.69, 9.17) is 19.1 Å². The lowest BCUT2D eigenvalue weighted by molar-refractivity contribution is 0.0686. The van der Waals surface area contributed by atoms with Crippen LogP contribution in [0.1, 0.15) is 35.8 Å². The van der Waals surface area contributed by atoms with Crippen molar-refractivity contribution >= 4 is 5.97 Å². The standard InChI is InChI=1S/C15H17NO5/c1-8(2)9-5-10(13(20-4)7-12(9)19-3)14-6-11(15(17)18)16-21-14/h5-8H,1-4H3,(H,17,18). The first-order chi connectivity index (χ1) is 9.97. The van der Waals surface area contributed by atoms with E-state index in [0.717, 1.165) is 5.56 Å². The molecular formula is C15H17NO5. The molecule has 0 saturated carbocycles. The summed E-state index contributed by atoms with van der Waals surface area (Å²) in [4.78, 5) is 10.9. The molecule has 0 aliphatic heterocycles. The molecule has 1 N–H and O–H groups in total. The number of hydrogen-bond donors (Lipinski definition) is 1. The summed E-state index contributed by atoms with van der Waals surface area (Å²) in [5.74, 6) is 0.676. The Morgan fingerprint density at radius 1 is 1.19 bits per heavy atom. The lowest BCUT2D eigenvalue weighted by Gasteiger charge is -2.15. The third kappa shape index (κ3) is 2.84. The number of aromatic carboxylic acids is 1. The highest BCUT2D eigenvalue weighted by molar-refractivity contribution is 5.87. The van der Waals surface area contributed by atoms with E-state index in [1.165, 1.54) is 13.2 Å². The van der Waals surface area contributed by atoms with Gasteiger partial charge in [0.2, 0.25) is 0 Å². The van der Waals surface area contributed by atoms with E-state index in [1.807, 2.05) is 19.9 Å². The fraction of sp³-hybridized carbons (Fsp3) is 0.333. The van der Waals surface area contributed by atoms with Crippen molar-refractivity contribution in [2.24, 2.45) is 0 Å². The van der Waals surface area contributed by atoms with Gasteiger partial charge in [-0.3, -0.25) is 0 Å². The normalized spacial score (nSPS) is 10.7. The van der Waals surface area contributed by atoms with Gasteiger partial charge in [0, 0.05) is 12.1 Å². The van der Waals surface area contributed by atoms with Crippen LogP contribution in [0, 0.1) is 0 Å². The Hall–Kier alpha value is -2.50. The Morgan fingerprint density at radius 2 is 1.86 bits per heavy atom. The third-order valence-electron chi connectivity index (χ3n) is 3.17. The molecule has 6 nitrogen and oxygen atoms in total. The molecule has 0 aliphatic carbocycles. The van der Waals surface area contributed by atoms with Crippen LogP contribution in [0.2, 0.25) is 0 Å². The summed E-state index contributed by atoms with van der Waals surface area (Å²) in [5, 5.41) is 12.4. The van der Waals surface area contributed by atoms with Crippen molar-refractivity contribution in [2.75, 3.05) is 14.2 Å². The average Bonchev–Trinajstić information content (AvgIpc) is 2.95. The summed E-state index contributed by atoms with van der Waals surface area (Å²) >= 11 is 0. The average molecular weight is 291 g/mol. The van der Waals surface area contributed by atoms with Gasteiger partial charge in [-0.2, -0.15) is 0 Å². The first kappa shape index (κ1) is 14.9. The van der Waals surface area contributed by atoms with Gasteiger partial charge in [0.05, 0.1) is 19.8 Å². The molecule has 0 radical (unpaired) electrons. The number of nitrogens with zero attached hydrogens (tertiary/aromatic N) is 1. The molecule has 0 bridgehead atoms. The van der Waals surface area contributed by atoms with Crippen molar-refractivity contribution in [3.8, 4) is 22.8 Å². The van der Waals surface area contributed by atoms with Crippen LogP contribution in [-0.2, 0) is 0 Å². The summed E-state index contributed by atoms with van der Waals surface area (Å²) in [6.07, 6.45) is 0. The Bertz CT molecular complexity index is 660. The molecule has 1 heterocycles. The molecule has 21 heavy (non-hydrogen) atoms. The van der Waals surface area contributed by atoms with Crippen LogP contribution in [0.15, 0.2) is 22.7 Å². The Labute approximate surface area is 122 Å². The van der Waals surface area contributed by atoms with Crippen molar-refractivity contribution in [3.63, 3.8) is 0 Å². The van der Waals surface area contributed by atoms with Gasteiger partial charge < -0.3 is 19.1 Å². The second kappa shape index (κ2) is 5.87. The van der Waals surface area contributed by atoms with E-state index < -0.39 is 5.97 Å². The molecule has 0 aliphatic rings. The maximum Gasteiger partial charge on any atom is 0.358 e. The van der Waals surface area contributed by atoms with Crippen molar-refractivity contribution < 1.29 is 23.9 Å². The predicted molar refractivity (Wildman–Crippen MR) is 76.1 cm³/mol. The third-order valence-corrected chi connectivity index (χ3v) is 3.17. The zero-order valence-electron chi connectivity index (χ0n) is 12.3. The zero-order chi connectivity index (χ0) is 15.6. The van der Waals surface area contributed by atoms with E-state index in [9.17, 15) is 4.79 Å². The van der Waals surface area contributed by atoms with Crippen molar-refractivity contribution in [2.45, 2.75) is 19.8 Å². The number of carbonyl (C=O) groups is 1. The Balaban J connectivity index is 2.60. The van der Waals surface area contributed by atoms with Crippen molar-refractivity contribution in [3.05, 3.63) is 29.5 Å². The lowest BCUT2D eigenvalue weighted by atomic mass is 9.97. The summed E-state index contributed by atoms with van der Waals surface area (Å²) < 4.78 is 15.8. The maximum absolute atomic E-state index is 10.9. The summed E-state index contributed by atoms with van der Waals surface area (Å²) in [6, 6.07) is 5.00. The monoisotopic (exact) mass is 291 g/mol. The minimum atomic E-state index is -1.14. The molecular weight excluding hydrogens is 274 g/mol. The van der Waals surface area contributed by atoms with Gasteiger partial charge in [-0.1, -0.05) is 19.0 Å². The van der Waals surface area contributed by atoms with Crippen LogP contribution in [0.3, 0.4) is 0 Å². The molecule has 1 aromatic heterocycles. The first-order valence-corrected chi connectivity index (χ1v) is 6.44. The highest BCUT2D eigenvalue weighted by Crippen LogP contribution is 2.39. The van der Waals surface area contributed by atoms with Crippen LogP contribution in [0.25, 0.3) is 11.3 Å². The number of rotatable bonds is 5. The molecule has 0 unspecified atom stereocenters. The SMILES string of the molecule is COc1cc(OC)c(C(C)C)cc1-c1cc(C(=O)O)no1. The minimum Gasteiger partial charge on any atom is -0.496 e. The first-order valence-electron chi connectivity index (χ1n) is 6.44. The number of carboxylic acids is 1. The van der Waals surface area contributed by atoms with Crippen LogP contribution in [-0.4, -0.2) is 30.5 Å². The molecule has 0 amide bonds. The van der Waals surface area contributed by atoms with Crippen molar-refractivity contribution in [1.29, 1.82) is 0 Å². The lowest BCUT2D eigenvalue weighted by Crippen LogP contribution is -1.97. The van der Waals surface area contributed by atoms with E-state index in [-0.39, 0.29) is 11.6 Å². The quantitative estimate of drug-likeness (QED) is 0.911. The molecule has 0 spiro atoms. The van der Waals surface area contributed by atoms with E-state index >= 15 is 0 Å². The number of hydrogen-bond acceptors (Lipinski definition) is 5. The molecule has 1 aromatic carbocycles. The van der Waals surface area contributed by atoms with Gasteiger partial charge in [0.15, 0.2) is 11.5 Å². The van der Waals surface area contributed by atoms with Gasteiger partial charge in [-0.25, -0.2) is 4.79 Å². The highest BCUT2D eigenvalue weighted by atomic mass is 16.5. The zero-order valence-corrected chi connectivity index (χ0v) is 12.3. The number of aromatic nitrogens is 1. The maximum atomic E-state index is 10.9. The molecule has 2 aromatic rings. The van der Waals surface area contributed by atoms with E-state index in [2.05, 4.69) is 5.16 Å². The summed E-state index contributed by atoms with van der Waals surface area (Å²) in [7, 11) is 3.12. The van der Waals surface area contributed by atoms with Crippen LogP contribution in [0.4, 0.5) is 0 Å². The number of carboxylic acid groups (broad SMARTS) is 1. The largest absolute Gasteiger partial charge is 0.496 e. The fourth-order valence-corrected chi connectivity index (χ4v) is 2.07. The minimum absolute atomic E-state index is 0.144.